The summed E-state index contributed by atoms with van der Waals surface area (Å²) in [5.41, 5.74) is 0.547. The Hall–Kier alpha value is -0.940. The molecule has 19 heavy (non-hydrogen) atoms. The zero-order valence-electron chi connectivity index (χ0n) is 11.1. The minimum atomic E-state index is -0.745. The summed E-state index contributed by atoms with van der Waals surface area (Å²) in [4.78, 5) is 17.1. The number of carboxylic acid groups (broad SMARTS) is 1. The molecule has 2 aliphatic carbocycles. The number of hydrogen-bond donors (Lipinski definition) is 1. The Morgan fingerprint density at radius 1 is 1.42 bits per heavy atom. The molecule has 1 aromatic rings. The number of aromatic nitrogens is 1. The molecule has 0 radical (unpaired) electrons. The number of carbonyl (C=O) groups is 1. The molecule has 1 atom stereocenters. The normalized spacial score (nSPS) is 25.2. The van der Waals surface area contributed by atoms with Crippen LogP contribution in [0.3, 0.4) is 0 Å². The average Bonchev–Trinajstić information content (AvgIpc) is 2.99. The average molecular weight is 281 g/mol. The predicted molar refractivity (Wildman–Crippen MR) is 72.6 cm³/mol. The van der Waals surface area contributed by atoms with Crippen LogP contribution in [-0.4, -0.2) is 23.2 Å². The maximum Gasteiger partial charge on any atom is 0.312 e. The molecule has 0 spiro atoms. The largest absolute Gasteiger partial charge is 0.481 e. The Balaban J connectivity index is 1.94. The summed E-state index contributed by atoms with van der Waals surface area (Å²) in [7, 11) is 1.76. The van der Waals surface area contributed by atoms with Gasteiger partial charge in [-0.2, -0.15) is 0 Å². The molecule has 1 saturated carbocycles. The Morgan fingerprint density at radius 3 is 2.79 bits per heavy atom. The van der Waals surface area contributed by atoms with Gasteiger partial charge in [0.05, 0.1) is 5.69 Å². The number of ether oxygens (including phenoxy) is 1. The van der Waals surface area contributed by atoms with Crippen molar-refractivity contribution in [1.82, 2.24) is 4.98 Å². The first-order chi connectivity index (χ1) is 9.16. The van der Waals surface area contributed by atoms with Gasteiger partial charge in [0.2, 0.25) is 0 Å². The summed E-state index contributed by atoms with van der Waals surface area (Å²) in [6, 6.07) is 0. The van der Waals surface area contributed by atoms with Crippen molar-refractivity contribution in [1.29, 1.82) is 0 Å². The van der Waals surface area contributed by atoms with Gasteiger partial charge < -0.3 is 9.84 Å². The highest BCUT2D eigenvalue weighted by Crippen LogP contribution is 2.45. The van der Waals surface area contributed by atoms with E-state index in [1.807, 2.05) is 0 Å². The minimum absolute atomic E-state index is 0.254. The van der Waals surface area contributed by atoms with Crippen molar-refractivity contribution in [2.45, 2.75) is 56.5 Å². The quantitative estimate of drug-likeness (QED) is 0.925. The van der Waals surface area contributed by atoms with Gasteiger partial charge in [-0.25, -0.2) is 4.98 Å². The topological polar surface area (TPSA) is 59.4 Å². The van der Waals surface area contributed by atoms with Crippen molar-refractivity contribution in [3.8, 4) is 0 Å². The van der Waals surface area contributed by atoms with Crippen LogP contribution in [0.1, 0.15) is 60.0 Å². The van der Waals surface area contributed by atoms with Crippen molar-refractivity contribution < 1.29 is 14.6 Å². The van der Waals surface area contributed by atoms with E-state index < -0.39 is 11.9 Å². The van der Waals surface area contributed by atoms with Crippen LogP contribution in [0.15, 0.2) is 0 Å². The first-order valence-electron chi connectivity index (χ1n) is 6.94. The fourth-order valence-electron chi connectivity index (χ4n) is 3.29. The lowest BCUT2D eigenvalue weighted by atomic mass is 9.85. The van der Waals surface area contributed by atoms with Crippen molar-refractivity contribution >= 4 is 17.3 Å². The number of hydrogen-bond acceptors (Lipinski definition) is 4. The standard InChI is InChI=1S/C14H19NO3S/c1-18-14(7-3-2-4-8-14)13-15-11-9(12(16)17)5-6-10(11)19-13/h9H,2-8H2,1H3,(H,16,17). The van der Waals surface area contributed by atoms with E-state index in [1.54, 1.807) is 18.4 Å². The summed E-state index contributed by atoms with van der Waals surface area (Å²) < 4.78 is 5.80. The molecule has 4 nitrogen and oxygen atoms in total. The van der Waals surface area contributed by atoms with Gasteiger partial charge in [-0.3, -0.25) is 4.79 Å². The summed E-state index contributed by atoms with van der Waals surface area (Å²) in [5, 5.41) is 10.2. The maximum absolute atomic E-state index is 11.2. The fourth-order valence-corrected chi connectivity index (χ4v) is 4.65. The third kappa shape index (κ3) is 2.09. The second kappa shape index (κ2) is 4.87. The Bertz CT molecular complexity index is 491. The minimum Gasteiger partial charge on any atom is -0.481 e. The number of carboxylic acids is 1. The summed E-state index contributed by atoms with van der Waals surface area (Å²) in [6.45, 7) is 0. The van der Waals surface area contributed by atoms with Crippen LogP contribution in [-0.2, 0) is 21.6 Å². The Morgan fingerprint density at radius 2 is 2.16 bits per heavy atom. The number of aryl methyl sites for hydroxylation is 1. The van der Waals surface area contributed by atoms with E-state index in [9.17, 15) is 9.90 Å². The Kier molecular flexibility index (Phi) is 3.35. The number of rotatable bonds is 3. The second-order valence-electron chi connectivity index (χ2n) is 5.52. The molecule has 104 valence electrons. The number of nitrogens with zero attached hydrogens (tertiary/aromatic N) is 1. The van der Waals surface area contributed by atoms with Crippen LogP contribution >= 0.6 is 11.3 Å². The molecular weight excluding hydrogens is 262 g/mol. The lowest BCUT2D eigenvalue weighted by molar-refractivity contribution is -0.138. The number of thiazole rings is 1. The predicted octanol–water partition coefficient (Wildman–Crippen LogP) is 3.06. The number of methoxy groups -OCH3 is 1. The summed E-state index contributed by atoms with van der Waals surface area (Å²) in [5.74, 6) is -1.15. The van der Waals surface area contributed by atoms with Crippen LogP contribution in [0.4, 0.5) is 0 Å². The molecule has 5 heteroatoms. The summed E-state index contributed by atoms with van der Waals surface area (Å²) in [6.07, 6.45) is 7.16. The van der Waals surface area contributed by atoms with E-state index >= 15 is 0 Å². The van der Waals surface area contributed by atoms with Gasteiger partial charge in [-0.05, 0) is 25.7 Å². The molecule has 1 aromatic heterocycles. The first-order valence-corrected chi connectivity index (χ1v) is 7.76. The lowest BCUT2D eigenvalue weighted by Gasteiger charge is -2.34. The molecule has 0 saturated heterocycles. The van der Waals surface area contributed by atoms with E-state index in [0.717, 1.165) is 34.8 Å². The Labute approximate surface area is 116 Å². The van der Waals surface area contributed by atoms with Crippen LogP contribution in [0.2, 0.25) is 0 Å². The molecule has 0 aliphatic heterocycles. The second-order valence-corrected chi connectivity index (χ2v) is 6.60. The van der Waals surface area contributed by atoms with E-state index in [1.165, 1.54) is 19.3 Å². The molecule has 1 fully saturated rings. The highest BCUT2D eigenvalue weighted by Gasteiger charge is 2.40. The van der Waals surface area contributed by atoms with Crippen LogP contribution in [0, 0.1) is 0 Å². The molecule has 1 heterocycles. The molecule has 0 aromatic carbocycles. The van der Waals surface area contributed by atoms with Gasteiger partial charge in [0.15, 0.2) is 0 Å². The molecule has 0 amide bonds. The number of aliphatic carboxylic acids is 1. The molecular formula is C14H19NO3S. The van der Waals surface area contributed by atoms with Gasteiger partial charge in [-0.1, -0.05) is 19.3 Å². The van der Waals surface area contributed by atoms with Crippen LogP contribution in [0.5, 0.6) is 0 Å². The van der Waals surface area contributed by atoms with Crippen molar-refractivity contribution in [3.05, 3.63) is 15.6 Å². The zero-order valence-corrected chi connectivity index (χ0v) is 12.0. The molecule has 0 bridgehead atoms. The molecule has 1 unspecified atom stereocenters. The fraction of sp³-hybridized carbons (Fsp3) is 0.714. The SMILES string of the molecule is COC1(c2nc3c(s2)CCC3C(=O)O)CCCCC1. The van der Waals surface area contributed by atoms with Crippen LogP contribution in [0.25, 0.3) is 0 Å². The van der Waals surface area contributed by atoms with Gasteiger partial charge >= 0.3 is 5.97 Å². The monoisotopic (exact) mass is 281 g/mol. The highest BCUT2D eigenvalue weighted by molar-refractivity contribution is 7.12. The third-order valence-corrected chi connectivity index (χ3v) is 5.77. The maximum atomic E-state index is 11.2. The van der Waals surface area contributed by atoms with E-state index in [-0.39, 0.29) is 5.60 Å². The number of fused-ring (bicyclic) bond motifs is 1. The van der Waals surface area contributed by atoms with E-state index in [0.29, 0.717) is 6.42 Å². The van der Waals surface area contributed by atoms with Gasteiger partial charge in [0.1, 0.15) is 16.5 Å². The highest BCUT2D eigenvalue weighted by atomic mass is 32.1. The zero-order chi connectivity index (χ0) is 13.5. The third-order valence-electron chi connectivity index (χ3n) is 4.46. The van der Waals surface area contributed by atoms with Gasteiger partial charge in [0, 0.05) is 12.0 Å². The van der Waals surface area contributed by atoms with Crippen molar-refractivity contribution in [3.63, 3.8) is 0 Å². The summed E-state index contributed by atoms with van der Waals surface area (Å²) >= 11 is 1.67. The van der Waals surface area contributed by atoms with Gasteiger partial charge in [-0.15, -0.1) is 11.3 Å². The van der Waals surface area contributed by atoms with Crippen molar-refractivity contribution in [2.24, 2.45) is 0 Å². The molecule has 2 aliphatic rings. The van der Waals surface area contributed by atoms with Crippen molar-refractivity contribution in [2.75, 3.05) is 7.11 Å². The first kappa shape index (κ1) is 13.1. The molecule has 3 rings (SSSR count). The lowest BCUT2D eigenvalue weighted by Crippen LogP contribution is -2.31. The van der Waals surface area contributed by atoms with E-state index in [4.69, 9.17) is 4.74 Å². The van der Waals surface area contributed by atoms with Crippen LogP contribution < -0.4 is 0 Å². The van der Waals surface area contributed by atoms with Gasteiger partial charge in [0.25, 0.3) is 0 Å². The molecule has 1 N–H and O–H groups in total. The van der Waals surface area contributed by atoms with E-state index in [2.05, 4.69) is 4.98 Å². The smallest absolute Gasteiger partial charge is 0.312 e.